The van der Waals surface area contributed by atoms with Crippen molar-refractivity contribution in [1.82, 2.24) is 0 Å². The maximum atomic E-state index is 13.9. The van der Waals surface area contributed by atoms with E-state index in [2.05, 4.69) is 0 Å². The second kappa shape index (κ2) is 17.4. The Hall–Kier alpha value is -4.73. The molecule has 238 valence electrons. The van der Waals surface area contributed by atoms with Crippen molar-refractivity contribution in [2.45, 2.75) is 34.6 Å². The number of methoxy groups -OCH3 is 4. The van der Waals surface area contributed by atoms with Crippen molar-refractivity contribution >= 4 is 23.1 Å². The number of benzene rings is 3. The zero-order valence-electron chi connectivity index (χ0n) is 26.6. The summed E-state index contributed by atoms with van der Waals surface area (Å²) in [7, 11) is 6.41. The summed E-state index contributed by atoms with van der Waals surface area (Å²) >= 11 is 0. The van der Waals surface area contributed by atoms with Crippen molar-refractivity contribution < 1.29 is 41.6 Å². The smallest absolute Gasteiger partial charge is 0.336 e. The molecule has 0 radical (unpaired) electrons. The van der Waals surface area contributed by atoms with Crippen molar-refractivity contribution in [1.29, 1.82) is 0 Å². The molecule has 0 aliphatic heterocycles. The fourth-order valence-corrected chi connectivity index (χ4v) is 4.09. The molecule has 1 aromatic heterocycles. The van der Waals surface area contributed by atoms with Crippen LogP contribution in [0.4, 0.5) is 8.78 Å². The van der Waals surface area contributed by atoms with Crippen molar-refractivity contribution in [2.75, 3.05) is 41.7 Å². The van der Waals surface area contributed by atoms with E-state index in [0.717, 1.165) is 22.9 Å². The van der Waals surface area contributed by atoms with E-state index < -0.39 is 23.0 Å². The summed E-state index contributed by atoms with van der Waals surface area (Å²) in [5.74, 6) is 0.928. The molecule has 0 saturated heterocycles. The van der Waals surface area contributed by atoms with E-state index >= 15 is 0 Å². The van der Waals surface area contributed by atoms with E-state index in [1.807, 2.05) is 63.3 Å². The van der Waals surface area contributed by atoms with Gasteiger partial charge in [0.25, 0.3) is 0 Å². The van der Waals surface area contributed by atoms with Gasteiger partial charge >= 0.3 is 5.63 Å². The van der Waals surface area contributed by atoms with E-state index in [1.54, 1.807) is 42.3 Å². The molecule has 0 saturated carbocycles. The molecule has 0 spiro atoms. The predicted molar refractivity (Wildman–Crippen MR) is 169 cm³/mol. The van der Waals surface area contributed by atoms with Crippen LogP contribution in [0.1, 0.15) is 44.4 Å². The van der Waals surface area contributed by atoms with Crippen molar-refractivity contribution in [2.24, 2.45) is 0 Å². The molecule has 3 aromatic carbocycles. The van der Waals surface area contributed by atoms with Crippen LogP contribution < -0.4 is 34.0 Å². The SMILES string of the molecule is CC.CCOc1c(F)cc2c(C)cc(=O)oc2c1F.CCOc1cc(/C=C\c2cc(OC)c(OC)c(OC)c2)ccc1OC. The molecule has 0 N–H and O–H groups in total. The monoisotopic (exact) mass is 614 g/mol. The van der Waals surface area contributed by atoms with Gasteiger partial charge in [-0.25, -0.2) is 9.18 Å². The van der Waals surface area contributed by atoms with E-state index in [4.69, 9.17) is 32.8 Å². The number of rotatable bonds is 10. The zero-order valence-corrected chi connectivity index (χ0v) is 26.6. The molecule has 1 heterocycles. The Morgan fingerprint density at radius 3 is 1.82 bits per heavy atom. The molecule has 0 unspecified atom stereocenters. The predicted octanol–water partition coefficient (Wildman–Crippen LogP) is 8.09. The number of hydrogen-bond donors (Lipinski definition) is 0. The molecular formula is C34H40F2O8. The lowest BCUT2D eigenvalue weighted by Gasteiger charge is -2.13. The molecule has 0 aliphatic rings. The third-order valence-corrected chi connectivity index (χ3v) is 6.02. The minimum Gasteiger partial charge on any atom is -0.493 e. The number of aryl methyl sites for hydroxylation is 1. The molecule has 8 nitrogen and oxygen atoms in total. The first-order valence-corrected chi connectivity index (χ1v) is 14.0. The summed E-state index contributed by atoms with van der Waals surface area (Å²) < 4.78 is 64.0. The van der Waals surface area contributed by atoms with E-state index in [-0.39, 0.29) is 17.6 Å². The van der Waals surface area contributed by atoms with Gasteiger partial charge in [-0.1, -0.05) is 32.1 Å². The van der Waals surface area contributed by atoms with Gasteiger partial charge in [0.15, 0.2) is 40.1 Å². The lowest BCUT2D eigenvalue weighted by molar-refractivity contribution is 0.302. The van der Waals surface area contributed by atoms with Crippen LogP contribution in [0.25, 0.3) is 23.1 Å². The van der Waals surface area contributed by atoms with Gasteiger partial charge in [-0.05, 0) is 67.8 Å². The molecule has 44 heavy (non-hydrogen) atoms. The van der Waals surface area contributed by atoms with Crippen molar-refractivity contribution in [3.8, 4) is 34.5 Å². The highest BCUT2D eigenvalue weighted by atomic mass is 19.1. The fourth-order valence-electron chi connectivity index (χ4n) is 4.09. The second-order valence-corrected chi connectivity index (χ2v) is 8.69. The van der Waals surface area contributed by atoms with E-state index in [9.17, 15) is 13.6 Å². The van der Waals surface area contributed by atoms with Gasteiger partial charge < -0.3 is 32.8 Å². The summed E-state index contributed by atoms with van der Waals surface area (Å²) in [6, 6.07) is 11.9. The Morgan fingerprint density at radius 2 is 1.27 bits per heavy atom. The average Bonchev–Trinajstić information content (AvgIpc) is 3.03. The molecule has 10 heteroatoms. The molecular weight excluding hydrogens is 574 g/mol. The molecule has 4 rings (SSSR count). The van der Waals surface area contributed by atoms with Crippen LogP contribution in [0.3, 0.4) is 0 Å². The summed E-state index contributed by atoms with van der Waals surface area (Å²) in [5, 5.41) is 0.225. The molecule has 0 amide bonds. The summed E-state index contributed by atoms with van der Waals surface area (Å²) in [4.78, 5) is 11.1. The summed E-state index contributed by atoms with van der Waals surface area (Å²) in [6.45, 7) is 9.83. The Labute approximate surface area is 256 Å². The van der Waals surface area contributed by atoms with Crippen molar-refractivity contribution in [3.05, 3.63) is 81.2 Å². The minimum absolute atomic E-state index is 0.120. The quantitative estimate of drug-likeness (QED) is 0.131. The maximum absolute atomic E-state index is 13.9. The Morgan fingerprint density at radius 1 is 0.705 bits per heavy atom. The Bertz CT molecular complexity index is 1590. The Kier molecular flexibility index (Phi) is 14.0. The first-order valence-electron chi connectivity index (χ1n) is 14.0. The van der Waals surface area contributed by atoms with Gasteiger partial charge in [-0.2, -0.15) is 4.39 Å². The van der Waals surface area contributed by atoms with Crippen LogP contribution in [-0.4, -0.2) is 41.7 Å². The topological polar surface area (TPSA) is 85.6 Å². The molecule has 0 atom stereocenters. The number of hydrogen-bond acceptors (Lipinski definition) is 8. The fraction of sp³-hybridized carbons (Fsp3) is 0.324. The summed E-state index contributed by atoms with van der Waals surface area (Å²) in [6.07, 6.45) is 3.96. The lowest BCUT2D eigenvalue weighted by atomic mass is 10.1. The van der Waals surface area contributed by atoms with Gasteiger partial charge in [-0.3, -0.25) is 0 Å². The van der Waals surface area contributed by atoms with Crippen molar-refractivity contribution in [3.63, 3.8) is 0 Å². The highest BCUT2D eigenvalue weighted by Gasteiger charge is 2.18. The minimum atomic E-state index is -0.984. The first-order chi connectivity index (χ1) is 21.2. The van der Waals surface area contributed by atoms with Crippen LogP contribution in [0, 0.1) is 18.6 Å². The highest BCUT2D eigenvalue weighted by molar-refractivity contribution is 5.82. The van der Waals surface area contributed by atoms with Crippen LogP contribution in [0.5, 0.6) is 34.5 Å². The molecule has 0 fully saturated rings. The standard InChI is InChI=1S/C20H24O5.C12H10F2O3.C2H6/c1-6-25-17-11-14(9-10-16(17)21-2)7-8-15-12-18(22-3)20(24-5)19(13-15)23-4;1-3-16-12-8(13)5-7-6(2)4-9(15)17-11(7)10(12)14;1-2/h7-13H,6H2,1-5H3;4-5H,3H2,1-2H3;1-2H3/b8-7-;;. The number of ether oxygens (including phenoxy) is 6. The largest absolute Gasteiger partial charge is 0.493 e. The Balaban J connectivity index is 0.000000309. The molecule has 4 aromatic rings. The third-order valence-electron chi connectivity index (χ3n) is 6.02. The summed E-state index contributed by atoms with van der Waals surface area (Å²) in [5.41, 5.74) is 1.43. The number of fused-ring (bicyclic) bond motifs is 1. The molecule has 0 aliphatic carbocycles. The van der Waals surface area contributed by atoms with E-state index in [1.165, 1.54) is 6.07 Å². The van der Waals surface area contributed by atoms with Gasteiger partial charge in [0.05, 0.1) is 41.7 Å². The maximum Gasteiger partial charge on any atom is 0.336 e. The van der Waals surface area contributed by atoms with E-state index in [0.29, 0.717) is 35.2 Å². The lowest BCUT2D eigenvalue weighted by Crippen LogP contribution is -2.03. The number of halogens is 2. The van der Waals surface area contributed by atoms with Crippen LogP contribution >= 0.6 is 0 Å². The van der Waals surface area contributed by atoms with Gasteiger partial charge in [0.2, 0.25) is 11.6 Å². The second-order valence-electron chi connectivity index (χ2n) is 8.69. The first kappa shape index (κ1) is 35.5. The van der Waals surface area contributed by atoms with Gasteiger partial charge in [0.1, 0.15) is 0 Å². The molecule has 0 bridgehead atoms. The highest BCUT2D eigenvalue weighted by Crippen LogP contribution is 2.39. The third kappa shape index (κ3) is 8.65. The van der Waals surface area contributed by atoms with Crippen LogP contribution in [0.2, 0.25) is 0 Å². The normalized spacial score (nSPS) is 10.3. The van der Waals surface area contributed by atoms with Gasteiger partial charge in [-0.15, -0.1) is 0 Å². The van der Waals surface area contributed by atoms with Crippen LogP contribution in [-0.2, 0) is 0 Å². The van der Waals surface area contributed by atoms with Gasteiger partial charge in [0, 0.05) is 11.5 Å². The average molecular weight is 615 g/mol. The van der Waals surface area contributed by atoms with Crippen LogP contribution in [0.15, 0.2) is 51.7 Å². The zero-order chi connectivity index (χ0) is 32.8.